The molecule has 2 heterocycles. The minimum Gasteiger partial charge on any atom is -0.342 e. The van der Waals surface area contributed by atoms with Gasteiger partial charge in [0.15, 0.2) is 0 Å². The summed E-state index contributed by atoms with van der Waals surface area (Å²) in [7, 11) is 0. The van der Waals surface area contributed by atoms with Gasteiger partial charge in [0, 0.05) is 43.0 Å². The predicted octanol–water partition coefficient (Wildman–Crippen LogP) is 3.64. The number of aromatic nitrogens is 2. The fraction of sp³-hybridized carbons (Fsp3) is 0.444. The van der Waals surface area contributed by atoms with Gasteiger partial charge in [0.05, 0.1) is 6.42 Å². The molecule has 1 aliphatic rings. The molecule has 1 aromatic heterocycles. The molecule has 1 amide bonds. The predicted molar refractivity (Wildman–Crippen MR) is 91.6 cm³/mol. The number of hydrogen-bond acceptors (Lipinski definition) is 2. The normalized spacial score (nSPS) is 15.7. The van der Waals surface area contributed by atoms with E-state index < -0.39 is 0 Å². The van der Waals surface area contributed by atoms with Crippen LogP contribution in [0.2, 0.25) is 5.02 Å². The maximum atomic E-state index is 13.1. The maximum Gasteiger partial charge on any atom is 0.227 e. The summed E-state index contributed by atoms with van der Waals surface area (Å²) in [5.41, 5.74) is 0.673. The lowest BCUT2D eigenvalue weighted by Gasteiger charge is -2.32. The highest BCUT2D eigenvalue weighted by Crippen LogP contribution is 2.27. The molecule has 3 rings (SSSR count). The molecule has 4 nitrogen and oxygen atoms in total. The first-order valence-corrected chi connectivity index (χ1v) is 8.69. The second-order valence-electron chi connectivity index (χ2n) is 6.14. The Morgan fingerprint density at radius 2 is 2.12 bits per heavy atom. The Labute approximate surface area is 146 Å². The summed E-state index contributed by atoms with van der Waals surface area (Å²) < 4.78 is 15.3. The first-order valence-electron chi connectivity index (χ1n) is 8.31. The van der Waals surface area contributed by atoms with Crippen molar-refractivity contribution in [3.05, 3.63) is 52.8 Å². The van der Waals surface area contributed by atoms with E-state index in [0.717, 1.165) is 38.3 Å². The van der Waals surface area contributed by atoms with Crippen LogP contribution >= 0.6 is 11.6 Å². The van der Waals surface area contributed by atoms with Crippen LogP contribution in [0.5, 0.6) is 0 Å². The minimum atomic E-state index is -0.386. The summed E-state index contributed by atoms with van der Waals surface area (Å²) in [6, 6.07) is 4.17. The molecule has 0 bridgehead atoms. The quantitative estimate of drug-likeness (QED) is 0.845. The summed E-state index contributed by atoms with van der Waals surface area (Å²) in [5, 5.41) is 0.309. The smallest absolute Gasteiger partial charge is 0.227 e. The van der Waals surface area contributed by atoms with E-state index in [1.165, 1.54) is 12.1 Å². The molecule has 1 aromatic carbocycles. The van der Waals surface area contributed by atoms with E-state index in [9.17, 15) is 9.18 Å². The lowest BCUT2D eigenvalue weighted by Crippen LogP contribution is -2.39. The highest BCUT2D eigenvalue weighted by molar-refractivity contribution is 6.31. The molecule has 0 unspecified atom stereocenters. The van der Waals surface area contributed by atoms with Crippen molar-refractivity contribution >= 4 is 17.5 Å². The number of hydrogen-bond donors (Lipinski definition) is 0. The fourth-order valence-corrected chi connectivity index (χ4v) is 3.51. The van der Waals surface area contributed by atoms with E-state index in [2.05, 4.69) is 16.5 Å². The van der Waals surface area contributed by atoms with Crippen LogP contribution in [0.15, 0.2) is 30.6 Å². The first kappa shape index (κ1) is 17.0. The zero-order valence-corrected chi connectivity index (χ0v) is 14.5. The Morgan fingerprint density at radius 1 is 1.38 bits per heavy atom. The lowest BCUT2D eigenvalue weighted by atomic mass is 9.95. The number of likely N-dealkylation sites (tertiary alicyclic amines) is 1. The molecule has 1 fully saturated rings. The van der Waals surface area contributed by atoms with Gasteiger partial charge >= 0.3 is 0 Å². The summed E-state index contributed by atoms with van der Waals surface area (Å²) >= 11 is 6.01. The zero-order valence-electron chi connectivity index (χ0n) is 13.7. The van der Waals surface area contributed by atoms with Gasteiger partial charge in [-0.05, 0) is 37.5 Å². The van der Waals surface area contributed by atoms with Gasteiger partial charge in [0.25, 0.3) is 0 Å². The average molecular weight is 350 g/mol. The largest absolute Gasteiger partial charge is 0.342 e. The van der Waals surface area contributed by atoms with Crippen molar-refractivity contribution in [1.82, 2.24) is 14.5 Å². The van der Waals surface area contributed by atoms with Crippen molar-refractivity contribution in [2.45, 2.75) is 38.6 Å². The molecule has 1 aliphatic heterocycles. The molecule has 6 heteroatoms. The Balaban J connectivity index is 1.59. The van der Waals surface area contributed by atoms with Crippen molar-refractivity contribution in [1.29, 1.82) is 0 Å². The molecule has 0 radical (unpaired) electrons. The number of amides is 1. The number of carbonyl (C=O) groups is 1. The minimum absolute atomic E-state index is 0.0424. The molecule has 0 aliphatic carbocycles. The van der Waals surface area contributed by atoms with E-state index in [-0.39, 0.29) is 18.1 Å². The first-order chi connectivity index (χ1) is 11.6. The SMILES string of the molecule is CCn1ccnc1C1CCN(C(=O)Cc2ccc(F)cc2Cl)CC1. The Bertz CT molecular complexity index is 723. The molecule has 0 spiro atoms. The molecular weight excluding hydrogens is 329 g/mol. The Hall–Kier alpha value is -1.88. The summed E-state index contributed by atoms with van der Waals surface area (Å²) in [5.74, 6) is 1.17. The number of carbonyl (C=O) groups excluding carboxylic acids is 1. The van der Waals surface area contributed by atoms with Crippen molar-refractivity contribution in [2.24, 2.45) is 0 Å². The molecule has 2 aromatic rings. The van der Waals surface area contributed by atoms with Gasteiger partial charge in [0.1, 0.15) is 11.6 Å². The topological polar surface area (TPSA) is 38.1 Å². The van der Waals surface area contributed by atoms with Crippen molar-refractivity contribution < 1.29 is 9.18 Å². The third-order valence-electron chi connectivity index (χ3n) is 4.66. The number of rotatable bonds is 4. The van der Waals surface area contributed by atoms with Gasteiger partial charge in [-0.1, -0.05) is 17.7 Å². The van der Waals surface area contributed by atoms with Gasteiger partial charge in [-0.15, -0.1) is 0 Å². The number of imidazole rings is 1. The zero-order chi connectivity index (χ0) is 17.1. The van der Waals surface area contributed by atoms with Gasteiger partial charge in [0.2, 0.25) is 5.91 Å². The van der Waals surface area contributed by atoms with Crippen LogP contribution in [-0.4, -0.2) is 33.4 Å². The molecule has 24 heavy (non-hydrogen) atoms. The molecule has 0 N–H and O–H groups in total. The summed E-state index contributed by atoms with van der Waals surface area (Å²) in [4.78, 5) is 18.8. The van der Waals surface area contributed by atoms with Crippen molar-refractivity contribution in [3.63, 3.8) is 0 Å². The van der Waals surface area contributed by atoms with E-state index >= 15 is 0 Å². The summed E-state index contributed by atoms with van der Waals surface area (Å²) in [6.07, 6.45) is 5.89. The van der Waals surface area contributed by atoms with Crippen LogP contribution in [-0.2, 0) is 17.8 Å². The van der Waals surface area contributed by atoms with Crippen LogP contribution < -0.4 is 0 Å². The third-order valence-corrected chi connectivity index (χ3v) is 5.01. The van der Waals surface area contributed by atoms with Crippen molar-refractivity contribution in [3.8, 4) is 0 Å². The fourth-order valence-electron chi connectivity index (χ4n) is 3.27. The molecule has 0 saturated carbocycles. The lowest BCUT2D eigenvalue weighted by molar-refractivity contribution is -0.131. The Morgan fingerprint density at radius 3 is 2.79 bits per heavy atom. The van der Waals surface area contributed by atoms with E-state index in [4.69, 9.17) is 11.6 Å². The molecule has 0 atom stereocenters. The van der Waals surface area contributed by atoms with Gasteiger partial charge in [-0.2, -0.15) is 0 Å². The molecule has 1 saturated heterocycles. The third kappa shape index (κ3) is 3.61. The van der Waals surface area contributed by atoms with Crippen molar-refractivity contribution in [2.75, 3.05) is 13.1 Å². The summed E-state index contributed by atoms with van der Waals surface area (Å²) in [6.45, 7) is 4.46. The highest BCUT2D eigenvalue weighted by Gasteiger charge is 2.26. The van der Waals surface area contributed by atoms with Crippen LogP contribution in [0.4, 0.5) is 4.39 Å². The van der Waals surface area contributed by atoms with E-state index in [0.29, 0.717) is 16.5 Å². The van der Waals surface area contributed by atoms with Gasteiger partial charge < -0.3 is 9.47 Å². The number of halogens is 2. The average Bonchev–Trinajstić information content (AvgIpc) is 3.06. The molecule has 128 valence electrons. The van der Waals surface area contributed by atoms with Crippen LogP contribution in [0.25, 0.3) is 0 Å². The van der Waals surface area contributed by atoms with E-state index in [1.807, 2.05) is 17.3 Å². The second kappa shape index (κ2) is 7.34. The Kier molecular flexibility index (Phi) is 5.19. The number of benzene rings is 1. The number of aryl methyl sites for hydroxylation is 1. The number of piperidine rings is 1. The highest BCUT2D eigenvalue weighted by atomic mass is 35.5. The van der Waals surface area contributed by atoms with Crippen LogP contribution in [0, 0.1) is 5.82 Å². The van der Waals surface area contributed by atoms with Gasteiger partial charge in [-0.3, -0.25) is 4.79 Å². The van der Waals surface area contributed by atoms with Crippen LogP contribution in [0.1, 0.15) is 37.1 Å². The van der Waals surface area contributed by atoms with Crippen LogP contribution in [0.3, 0.4) is 0 Å². The maximum absolute atomic E-state index is 13.1. The standard InChI is InChI=1S/C18H21ClFN3O/c1-2-22-10-7-21-18(22)13-5-8-23(9-6-13)17(24)11-14-3-4-15(20)12-16(14)19/h3-4,7,10,12-13H,2,5-6,8-9,11H2,1H3. The number of nitrogens with zero attached hydrogens (tertiary/aromatic N) is 3. The van der Waals surface area contributed by atoms with Gasteiger partial charge in [-0.25, -0.2) is 9.37 Å². The monoisotopic (exact) mass is 349 g/mol. The second-order valence-corrected chi connectivity index (χ2v) is 6.55. The molecular formula is C18H21ClFN3O. The van der Waals surface area contributed by atoms with E-state index in [1.54, 1.807) is 6.07 Å².